The monoisotopic (exact) mass is 130 g/mol. The van der Waals surface area contributed by atoms with Gasteiger partial charge in [0.15, 0.2) is 0 Å². The predicted molar refractivity (Wildman–Crippen MR) is 40.6 cm³/mol. The molecule has 9 heavy (non-hydrogen) atoms. The van der Waals surface area contributed by atoms with Crippen LogP contribution in [0.2, 0.25) is 0 Å². The highest BCUT2D eigenvalue weighted by Crippen LogP contribution is 2.13. The molecule has 1 aliphatic rings. The standard InChI is InChI=1S/C6H12O.C2H6/c1-2-6-4-3-5-7-6;1-2/h6H,2-5H2,1H3;1-2H3. The van der Waals surface area contributed by atoms with Gasteiger partial charge < -0.3 is 4.74 Å². The molecule has 1 rings (SSSR count). The molecule has 1 aliphatic heterocycles. The molecule has 0 aromatic rings. The number of hydrogen-bond acceptors (Lipinski definition) is 1. The minimum Gasteiger partial charge on any atom is -0.378 e. The van der Waals surface area contributed by atoms with Crippen molar-refractivity contribution in [2.75, 3.05) is 6.61 Å². The van der Waals surface area contributed by atoms with Crippen molar-refractivity contribution < 1.29 is 4.74 Å². The van der Waals surface area contributed by atoms with Crippen LogP contribution in [-0.2, 0) is 4.74 Å². The normalized spacial score (nSPS) is 25.0. The summed E-state index contributed by atoms with van der Waals surface area (Å²) in [7, 11) is 0. The van der Waals surface area contributed by atoms with Gasteiger partial charge >= 0.3 is 0 Å². The maximum Gasteiger partial charge on any atom is 0.0573 e. The molecule has 1 fully saturated rings. The molecule has 0 spiro atoms. The Morgan fingerprint density at radius 3 is 2.33 bits per heavy atom. The van der Waals surface area contributed by atoms with E-state index in [1.807, 2.05) is 13.8 Å². The maximum atomic E-state index is 5.30. The summed E-state index contributed by atoms with van der Waals surface area (Å²) in [5.41, 5.74) is 0. The smallest absolute Gasteiger partial charge is 0.0573 e. The van der Waals surface area contributed by atoms with E-state index in [0.717, 1.165) is 6.61 Å². The first-order chi connectivity index (χ1) is 4.43. The molecule has 1 nitrogen and oxygen atoms in total. The molecule has 0 radical (unpaired) electrons. The van der Waals surface area contributed by atoms with E-state index >= 15 is 0 Å². The van der Waals surface area contributed by atoms with Gasteiger partial charge in [-0.05, 0) is 19.3 Å². The SMILES string of the molecule is CC.CCC1CCCO1. The zero-order valence-corrected chi connectivity index (χ0v) is 6.81. The van der Waals surface area contributed by atoms with Crippen LogP contribution in [0.5, 0.6) is 0 Å². The first-order valence-corrected chi connectivity index (χ1v) is 4.05. The molecule has 56 valence electrons. The van der Waals surface area contributed by atoms with Crippen LogP contribution in [0.3, 0.4) is 0 Å². The maximum absolute atomic E-state index is 5.30. The van der Waals surface area contributed by atoms with Crippen LogP contribution in [0.25, 0.3) is 0 Å². The van der Waals surface area contributed by atoms with E-state index in [-0.39, 0.29) is 0 Å². The second-order valence-electron chi connectivity index (χ2n) is 2.04. The van der Waals surface area contributed by atoms with E-state index in [0.29, 0.717) is 6.10 Å². The Morgan fingerprint density at radius 1 is 1.44 bits per heavy atom. The van der Waals surface area contributed by atoms with Gasteiger partial charge in [-0.25, -0.2) is 0 Å². The van der Waals surface area contributed by atoms with Gasteiger partial charge in [0.2, 0.25) is 0 Å². The van der Waals surface area contributed by atoms with E-state index in [2.05, 4.69) is 6.92 Å². The molecule has 0 aromatic heterocycles. The quantitative estimate of drug-likeness (QED) is 0.530. The topological polar surface area (TPSA) is 9.23 Å². The Bertz CT molecular complexity index is 46.5. The summed E-state index contributed by atoms with van der Waals surface area (Å²) in [6.45, 7) is 7.18. The zero-order chi connectivity index (χ0) is 7.11. The third-order valence-corrected chi connectivity index (χ3v) is 1.48. The Labute approximate surface area is 58.4 Å². The molecule has 1 heterocycles. The summed E-state index contributed by atoms with van der Waals surface area (Å²) in [6.07, 6.45) is 4.36. The van der Waals surface area contributed by atoms with E-state index in [4.69, 9.17) is 4.74 Å². The van der Waals surface area contributed by atoms with Gasteiger partial charge in [0.1, 0.15) is 0 Å². The van der Waals surface area contributed by atoms with Gasteiger partial charge in [-0.3, -0.25) is 0 Å². The van der Waals surface area contributed by atoms with Crippen molar-refractivity contribution in [3.63, 3.8) is 0 Å². The van der Waals surface area contributed by atoms with Gasteiger partial charge in [0.05, 0.1) is 6.10 Å². The molecule has 0 aliphatic carbocycles. The largest absolute Gasteiger partial charge is 0.378 e. The summed E-state index contributed by atoms with van der Waals surface area (Å²) in [6, 6.07) is 0. The van der Waals surface area contributed by atoms with Crippen LogP contribution in [0.15, 0.2) is 0 Å². The van der Waals surface area contributed by atoms with Crippen molar-refractivity contribution >= 4 is 0 Å². The van der Waals surface area contributed by atoms with Gasteiger partial charge in [-0.1, -0.05) is 20.8 Å². The average molecular weight is 130 g/mol. The molecular formula is C8H18O. The summed E-state index contributed by atoms with van der Waals surface area (Å²) < 4.78 is 5.30. The lowest BCUT2D eigenvalue weighted by molar-refractivity contribution is 0.108. The summed E-state index contributed by atoms with van der Waals surface area (Å²) >= 11 is 0. The molecule has 1 saturated heterocycles. The van der Waals surface area contributed by atoms with Crippen molar-refractivity contribution in [3.05, 3.63) is 0 Å². The third-order valence-electron chi connectivity index (χ3n) is 1.48. The molecule has 1 heteroatoms. The molecule has 0 amide bonds. The number of ether oxygens (including phenoxy) is 1. The molecule has 1 atom stereocenters. The van der Waals surface area contributed by atoms with Crippen molar-refractivity contribution in [1.29, 1.82) is 0 Å². The van der Waals surface area contributed by atoms with Crippen molar-refractivity contribution in [1.82, 2.24) is 0 Å². The molecular weight excluding hydrogens is 112 g/mol. The number of rotatable bonds is 1. The van der Waals surface area contributed by atoms with E-state index in [1.54, 1.807) is 0 Å². The van der Waals surface area contributed by atoms with E-state index in [9.17, 15) is 0 Å². The van der Waals surface area contributed by atoms with Crippen LogP contribution in [-0.4, -0.2) is 12.7 Å². The van der Waals surface area contributed by atoms with Crippen LogP contribution < -0.4 is 0 Å². The van der Waals surface area contributed by atoms with Crippen molar-refractivity contribution in [2.45, 2.75) is 46.1 Å². The van der Waals surface area contributed by atoms with Crippen LogP contribution in [0.4, 0.5) is 0 Å². The van der Waals surface area contributed by atoms with Gasteiger partial charge in [0, 0.05) is 6.61 Å². The van der Waals surface area contributed by atoms with Crippen molar-refractivity contribution in [3.8, 4) is 0 Å². The summed E-state index contributed by atoms with van der Waals surface area (Å²) in [4.78, 5) is 0. The fourth-order valence-electron chi connectivity index (χ4n) is 0.966. The molecule has 0 bridgehead atoms. The Hall–Kier alpha value is -0.0400. The highest BCUT2D eigenvalue weighted by molar-refractivity contribution is 4.60. The highest BCUT2D eigenvalue weighted by atomic mass is 16.5. The Kier molecular flexibility index (Phi) is 6.06. The van der Waals surface area contributed by atoms with Crippen LogP contribution in [0, 0.1) is 0 Å². The van der Waals surface area contributed by atoms with Gasteiger partial charge in [-0.2, -0.15) is 0 Å². The second kappa shape index (κ2) is 6.09. The molecule has 1 unspecified atom stereocenters. The Balaban J connectivity index is 0.000000291. The van der Waals surface area contributed by atoms with Crippen LogP contribution >= 0.6 is 0 Å². The predicted octanol–water partition coefficient (Wildman–Crippen LogP) is 2.60. The number of hydrogen-bond donors (Lipinski definition) is 0. The first kappa shape index (κ1) is 8.96. The Morgan fingerprint density at radius 2 is 2.11 bits per heavy atom. The van der Waals surface area contributed by atoms with Crippen molar-refractivity contribution in [2.24, 2.45) is 0 Å². The fourth-order valence-corrected chi connectivity index (χ4v) is 0.966. The minimum absolute atomic E-state index is 0.597. The fraction of sp³-hybridized carbons (Fsp3) is 1.00. The minimum atomic E-state index is 0.597. The van der Waals surface area contributed by atoms with Gasteiger partial charge in [0.25, 0.3) is 0 Å². The third kappa shape index (κ3) is 3.52. The lowest BCUT2D eigenvalue weighted by atomic mass is 10.2. The van der Waals surface area contributed by atoms with Gasteiger partial charge in [-0.15, -0.1) is 0 Å². The zero-order valence-electron chi connectivity index (χ0n) is 6.81. The average Bonchev–Trinajstić information content (AvgIpc) is 2.43. The summed E-state index contributed by atoms with van der Waals surface area (Å²) in [5, 5.41) is 0. The molecule has 0 N–H and O–H groups in total. The second-order valence-corrected chi connectivity index (χ2v) is 2.04. The van der Waals surface area contributed by atoms with E-state index in [1.165, 1.54) is 19.3 Å². The van der Waals surface area contributed by atoms with E-state index < -0.39 is 0 Å². The molecule has 0 aromatic carbocycles. The summed E-state index contributed by atoms with van der Waals surface area (Å²) in [5.74, 6) is 0. The van der Waals surface area contributed by atoms with Crippen LogP contribution in [0.1, 0.15) is 40.0 Å². The lowest BCUT2D eigenvalue weighted by Crippen LogP contribution is -2.00. The highest BCUT2D eigenvalue weighted by Gasteiger charge is 2.11. The first-order valence-electron chi connectivity index (χ1n) is 4.05. The molecule has 0 saturated carbocycles. The lowest BCUT2D eigenvalue weighted by Gasteiger charge is -2.01.